The molecule has 0 atom stereocenters. The quantitative estimate of drug-likeness (QED) is 0.733. The van der Waals surface area contributed by atoms with Crippen molar-refractivity contribution in [3.8, 4) is 28.9 Å². The molecule has 0 aliphatic heterocycles. The fourth-order valence-electron chi connectivity index (χ4n) is 1.98. The van der Waals surface area contributed by atoms with Gasteiger partial charge in [0.15, 0.2) is 5.82 Å². The van der Waals surface area contributed by atoms with Gasteiger partial charge in [0.05, 0.1) is 24.4 Å². The van der Waals surface area contributed by atoms with Crippen molar-refractivity contribution in [3.05, 3.63) is 54.1 Å². The largest absolute Gasteiger partial charge is 0.497 e. The Morgan fingerprint density at radius 3 is 2.67 bits per heavy atom. The molecule has 6 heteroatoms. The van der Waals surface area contributed by atoms with Crippen LogP contribution in [0.1, 0.15) is 5.56 Å². The average Bonchev–Trinajstić information content (AvgIpc) is 3.04. The number of rotatable bonds is 3. The van der Waals surface area contributed by atoms with Gasteiger partial charge in [0.1, 0.15) is 5.75 Å². The van der Waals surface area contributed by atoms with E-state index in [1.54, 1.807) is 23.9 Å². The van der Waals surface area contributed by atoms with E-state index in [1.807, 2.05) is 36.4 Å². The summed E-state index contributed by atoms with van der Waals surface area (Å²) < 4.78 is 6.84. The highest BCUT2D eigenvalue weighted by Crippen LogP contribution is 2.22. The van der Waals surface area contributed by atoms with Crippen molar-refractivity contribution in [1.82, 2.24) is 20.2 Å². The van der Waals surface area contributed by atoms with Crippen LogP contribution in [0.2, 0.25) is 0 Å². The maximum Gasteiger partial charge on any atom is 0.187 e. The molecule has 0 aliphatic carbocycles. The van der Waals surface area contributed by atoms with Crippen LogP contribution in [0.15, 0.2) is 48.5 Å². The number of nitrogens with zero attached hydrogens (tertiary/aromatic N) is 5. The van der Waals surface area contributed by atoms with Gasteiger partial charge >= 0.3 is 0 Å². The van der Waals surface area contributed by atoms with E-state index in [1.165, 1.54) is 0 Å². The Morgan fingerprint density at radius 1 is 1.14 bits per heavy atom. The van der Waals surface area contributed by atoms with Crippen molar-refractivity contribution in [3.63, 3.8) is 0 Å². The lowest BCUT2D eigenvalue weighted by Gasteiger charge is -2.06. The molecule has 0 fully saturated rings. The van der Waals surface area contributed by atoms with Gasteiger partial charge in [0.2, 0.25) is 0 Å². The van der Waals surface area contributed by atoms with Crippen LogP contribution < -0.4 is 4.74 Å². The minimum absolute atomic E-state index is 0.596. The van der Waals surface area contributed by atoms with E-state index in [0.29, 0.717) is 11.4 Å². The smallest absolute Gasteiger partial charge is 0.187 e. The van der Waals surface area contributed by atoms with E-state index in [-0.39, 0.29) is 0 Å². The summed E-state index contributed by atoms with van der Waals surface area (Å²) in [4.78, 5) is 0. The second-order valence-corrected chi connectivity index (χ2v) is 4.30. The summed E-state index contributed by atoms with van der Waals surface area (Å²) in [6.45, 7) is 0. The van der Waals surface area contributed by atoms with Gasteiger partial charge in [-0.1, -0.05) is 6.07 Å². The molecule has 3 aromatic rings. The van der Waals surface area contributed by atoms with E-state index < -0.39 is 0 Å². The molecule has 1 heterocycles. The minimum atomic E-state index is 0.596. The van der Waals surface area contributed by atoms with Gasteiger partial charge in [-0.15, -0.1) is 5.10 Å². The zero-order chi connectivity index (χ0) is 14.7. The minimum Gasteiger partial charge on any atom is -0.497 e. The van der Waals surface area contributed by atoms with Gasteiger partial charge in [-0.2, -0.15) is 9.94 Å². The topological polar surface area (TPSA) is 76.6 Å². The third-order valence-electron chi connectivity index (χ3n) is 3.04. The van der Waals surface area contributed by atoms with Gasteiger partial charge in [-0.05, 0) is 46.8 Å². The highest BCUT2D eigenvalue weighted by molar-refractivity contribution is 5.59. The first-order valence-electron chi connectivity index (χ1n) is 6.25. The Hall–Kier alpha value is -3.20. The SMILES string of the molecule is COc1cccc(-n2nnnc2-c2ccc(C#N)cc2)c1. The first kappa shape index (κ1) is 12.8. The normalized spacial score (nSPS) is 10.1. The second-order valence-electron chi connectivity index (χ2n) is 4.30. The molecule has 0 saturated carbocycles. The molecule has 0 radical (unpaired) electrons. The van der Waals surface area contributed by atoms with Crippen LogP contribution in [0.4, 0.5) is 0 Å². The zero-order valence-corrected chi connectivity index (χ0v) is 11.3. The number of tetrazole rings is 1. The lowest BCUT2D eigenvalue weighted by molar-refractivity contribution is 0.414. The molecule has 0 spiro atoms. The van der Waals surface area contributed by atoms with Gasteiger partial charge in [-0.3, -0.25) is 0 Å². The number of methoxy groups -OCH3 is 1. The van der Waals surface area contributed by atoms with Crippen LogP contribution >= 0.6 is 0 Å². The fraction of sp³-hybridized carbons (Fsp3) is 0.0667. The maximum absolute atomic E-state index is 8.84. The molecule has 2 aromatic carbocycles. The zero-order valence-electron chi connectivity index (χ0n) is 11.3. The van der Waals surface area contributed by atoms with Crippen molar-refractivity contribution in [2.75, 3.05) is 7.11 Å². The third kappa shape index (κ3) is 2.44. The molecular weight excluding hydrogens is 266 g/mol. The summed E-state index contributed by atoms with van der Waals surface area (Å²) in [6.07, 6.45) is 0. The predicted octanol–water partition coefficient (Wildman–Crippen LogP) is 2.21. The van der Waals surface area contributed by atoms with E-state index >= 15 is 0 Å². The number of aromatic nitrogens is 4. The number of hydrogen-bond donors (Lipinski definition) is 0. The third-order valence-corrected chi connectivity index (χ3v) is 3.04. The Kier molecular flexibility index (Phi) is 3.31. The van der Waals surface area contributed by atoms with Crippen LogP contribution in [-0.4, -0.2) is 27.3 Å². The Balaban J connectivity index is 2.05. The highest BCUT2D eigenvalue weighted by atomic mass is 16.5. The molecule has 1 aromatic heterocycles. The van der Waals surface area contributed by atoms with Gasteiger partial charge in [-0.25, -0.2) is 0 Å². The van der Waals surface area contributed by atoms with E-state index in [4.69, 9.17) is 10.00 Å². The van der Waals surface area contributed by atoms with E-state index in [9.17, 15) is 0 Å². The van der Waals surface area contributed by atoms with Gasteiger partial charge < -0.3 is 4.74 Å². The summed E-state index contributed by atoms with van der Waals surface area (Å²) >= 11 is 0. The van der Waals surface area contributed by atoms with Crippen molar-refractivity contribution in [1.29, 1.82) is 5.26 Å². The number of benzene rings is 2. The number of nitriles is 1. The average molecular weight is 277 g/mol. The number of hydrogen-bond acceptors (Lipinski definition) is 5. The lowest BCUT2D eigenvalue weighted by Crippen LogP contribution is -2.00. The monoisotopic (exact) mass is 277 g/mol. The molecule has 3 rings (SSSR count). The van der Waals surface area contributed by atoms with E-state index in [0.717, 1.165) is 17.0 Å². The first-order valence-corrected chi connectivity index (χ1v) is 6.25. The highest BCUT2D eigenvalue weighted by Gasteiger charge is 2.11. The summed E-state index contributed by atoms with van der Waals surface area (Å²) in [7, 11) is 1.61. The molecule has 6 nitrogen and oxygen atoms in total. The van der Waals surface area contributed by atoms with Crippen molar-refractivity contribution in [2.45, 2.75) is 0 Å². The Labute approximate surface area is 121 Å². The molecular formula is C15H11N5O. The lowest BCUT2D eigenvalue weighted by atomic mass is 10.1. The molecule has 0 unspecified atom stereocenters. The summed E-state index contributed by atoms with van der Waals surface area (Å²) in [5.74, 6) is 1.33. The molecule has 0 bridgehead atoms. The molecule has 0 aliphatic rings. The Bertz CT molecular complexity index is 801. The molecule has 21 heavy (non-hydrogen) atoms. The van der Waals surface area contributed by atoms with Crippen molar-refractivity contribution in [2.24, 2.45) is 0 Å². The van der Waals surface area contributed by atoms with Crippen LogP contribution in [-0.2, 0) is 0 Å². The van der Waals surface area contributed by atoms with E-state index in [2.05, 4.69) is 21.6 Å². The van der Waals surface area contributed by atoms with Crippen LogP contribution in [0.5, 0.6) is 5.75 Å². The van der Waals surface area contributed by atoms with Gasteiger partial charge in [0, 0.05) is 11.6 Å². The van der Waals surface area contributed by atoms with Gasteiger partial charge in [0.25, 0.3) is 0 Å². The first-order chi connectivity index (χ1) is 10.3. The summed E-state index contributed by atoms with van der Waals surface area (Å²) in [5, 5.41) is 20.6. The van der Waals surface area contributed by atoms with Crippen LogP contribution in [0, 0.1) is 11.3 Å². The standard InChI is InChI=1S/C15H11N5O/c1-21-14-4-2-3-13(9-14)20-15(17-18-19-20)12-7-5-11(10-16)6-8-12/h2-9H,1H3. The van der Waals surface area contributed by atoms with Crippen LogP contribution in [0.25, 0.3) is 17.1 Å². The van der Waals surface area contributed by atoms with Crippen LogP contribution in [0.3, 0.4) is 0 Å². The summed E-state index contributed by atoms with van der Waals surface area (Å²) in [6, 6.07) is 16.7. The van der Waals surface area contributed by atoms with Crippen molar-refractivity contribution < 1.29 is 4.74 Å². The second kappa shape index (κ2) is 5.43. The molecule has 0 N–H and O–H groups in total. The predicted molar refractivity (Wildman–Crippen MR) is 75.9 cm³/mol. The fourth-order valence-corrected chi connectivity index (χ4v) is 1.98. The Morgan fingerprint density at radius 2 is 1.95 bits per heavy atom. The van der Waals surface area contributed by atoms with Crippen molar-refractivity contribution >= 4 is 0 Å². The molecule has 0 amide bonds. The number of ether oxygens (including phenoxy) is 1. The summed E-state index contributed by atoms with van der Waals surface area (Å²) in [5.41, 5.74) is 2.24. The molecule has 0 saturated heterocycles. The molecule has 102 valence electrons. The maximum atomic E-state index is 8.84.